The van der Waals surface area contributed by atoms with Gasteiger partial charge in [-0.1, -0.05) is 45.2 Å². The van der Waals surface area contributed by atoms with Crippen LogP contribution in [0.4, 0.5) is 0 Å². The standard InChI is InChI=1S/C36H46N6O3/c1-21-22-10-11-23-18-29(41(28(23)17-22)15-9-7-6-8-14-36(2,3)35(44)38-21)33-39-26-16-25(19-30(45-5)32(26)40(33)4)34(43)42-20-24-12-13-27(42)31(24)37/h10-11,16-19,21,24,27,31H,6-9,12-15,20,37H2,1-5H3,(H,38,44)/t21-,24-,27-,31-/m1/s1. The molecule has 4 bridgehead atoms. The second-order valence-corrected chi connectivity index (χ2v) is 14.2. The summed E-state index contributed by atoms with van der Waals surface area (Å²) in [5.74, 6) is 1.97. The van der Waals surface area contributed by atoms with Crippen LogP contribution in [0.15, 0.2) is 36.4 Å². The Morgan fingerprint density at radius 1 is 1.09 bits per heavy atom. The molecule has 2 aromatic carbocycles. The molecular formula is C36H46N6O3. The number of piperidine rings is 1. The lowest BCUT2D eigenvalue weighted by Gasteiger charge is -2.27. The van der Waals surface area contributed by atoms with Crippen molar-refractivity contribution in [1.29, 1.82) is 0 Å². The van der Waals surface area contributed by atoms with Crippen LogP contribution in [0.2, 0.25) is 0 Å². The Balaban J connectivity index is 1.30. The molecule has 0 radical (unpaired) electrons. The molecule has 1 saturated carbocycles. The maximum atomic E-state index is 13.7. The SMILES string of the molecule is COc1cc(C(=O)N2C[C@H]3CC[C@@H]2[C@@H]3N)cc2nc(-c3cc4ccc5cc4n3CCCCCCC(C)(C)C(=O)N[C@@H]5C)n(C)c12. The summed E-state index contributed by atoms with van der Waals surface area (Å²) in [6, 6.07) is 12.5. The zero-order chi connectivity index (χ0) is 31.6. The monoisotopic (exact) mass is 610 g/mol. The normalized spacial score (nSPS) is 25.2. The van der Waals surface area contributed by atoms with Crippen LogP contribution >= 0.6 is 0 Å². The fourth-order valence-corrected chi connectivity index (χ4v) is 8.01. The van der Waals surface area contributed by atoms with E-state index in [2.05, 4.69) is 59.5 Å². The van der Waals surface area contributed by atoms with E-state index in [0.717, 1.165) is 97.1 Å². The third kappa shape index (κ3) is 5.00. The van der Waals surface area contributed by atoms with Gasteiger partial charge >= 0.3 is 0 Å². The lowest BCUT2D eigenvalue weighted by molar-refractivity contribution is -0.130. The molecule has 2 fully saturated rings. The smallest absolute Gasteiger partial charge is 0.254 e. The van der Waals surface area contributed by atoms with Gasteiger partial charge in [0.2, 0.25) is 5.91 Å². The Labute approximate surface area is 265 Å². The van der Waals surface area contributed by atoms with Crippen LogP contribution in [-0.2, 0) is 18.4 Å². The Morgan fingerprint density at radius 3 is 2.62 bits per heavy atom. The topological polar surface area (TPSA) is 107 Å². The number of ether oxygens (including phenoxy) is 1. The molecule has 2 amide bonds. The van der Waals surface area contributed by atoms with E-state index >= 15 is 0 Å². The van der Waals surface area contributed by atoms with Crippen LogP contribution in [0.5, 0.6) is 5.75 Å². The molecule has 1 aliphatic carbocycles. The van der Waals surface area contributed by atoms with Crippen molar-refractivity contribution in [3.05, 3.63) is 47.5 Å². The first-order valence-corrected chi connectivity index (χ1v) is 16.6. The molecule has 4 aromatic rings. The van der Waals surface area contributed by atoms with Gasteiger partial charge in [-0.3, -0.25) is 9.59 Å². The minimum Gasteiger partial charge on any atom is -0.494 e. The number of hydrogen-bond donors (Lipinski definition) is 2. The molecule has 7 rings (SSSR count). The summed E-state index contributed by atoms with van der Waals surface area (Å²) in [4.78, 5) is 34.0. The molecule has 238 valence electrons. The second-order valence-electron chi connectivity index (χ2n) is 14.2. The quantitative estimate of drug-likeness (QED) is 0.299. The number of benzene rings is 2. The predicted octanol–water partition coefficient (Wildman–Crippen LogP) is 5.93. The summed E-state index contributed by atoms with van der Waals surface area (Å²) in [6.45, 7) is 7.76. The van der Waals surface area contributed by atoms with Crippen LogP contribution in [0.1, 0.15) is 87.7 Å². The molecule has 4 atom stereocenters. The molecule has 3 aliphatic rings. The van der Waals surface area contributed by atoms with Crippen LogP contribution in [-0.4, -0.2) is 56.6 Å². The van der Waals surface area contributed by atoms with E-state index < -0.39 is 0 Å². The summed E-state index contributed by atoms with van der Waals surface area (Å²) >= 11 is 0. The van der Waals surface area contributed by atoms with Crippen molar-refractivity contribution < 1.29 is 14.3 Å². The average molecular weight is 611 g/mol. The van der Waals surface area contributed by atoms with Gasteiger partial charge in [0.05, 0.1) is 24.4 Å². The first kappa shape index (κ1) is 29.8. The van der Waals surface area contributed by atoms with Crippen LogP contribution < -0.4 is 15.8 Å². The fourth-order valence-electron chi connectivity index (χ4n) is 8.01. The third-order valence-electron chi connectivity index (χ3n) is 10.9. The number of carbonyl (C=O) groups is 2. The van der Waals surface area contributed by atoms with Crippen molar-refractivity contribution in [2.24, 2.45) is 24.1 Å². The zero-order valence-corrected chi connectivity index (χ0v) is 27.2. The van der Waals surface area contributed by atoms with Gasteiger partial charge in [-0.25, -0.2) is 4.98 Å². The van der Waals surface area contributed by atoms with Crippen molar-refractivity contribution in [3.63, 3.8) is 0 Å². The van der Waals surface area contributed by atoms with Gasteiger partial charge in [0.25, 0.3) is 5.91 Å². The number of aromatic nitrogens is 3. The molecule has 45 heavy (non-hydrogen) atoms. The van der Waals surface area contributed by atoms with Crippen LogP contribution in [0.3, 0.4) is 0 Å². The largest absolute Gasteiger partial charge is 0.494 e. The number of methoxy groups -OCH3 is 1. The van der Waals surface area contributed by atoms with Gasteiger partial charge in [-0.15, -0.1) is 0 Å². The molecule has 2 aromatic heterocycles. The number of nitrogens with one attached hydrogen (secondary N) is 1. The number of nitrogens with two attached hydrogens (primary N) is 1. The van der Waals surface area contributed by atoms with Gasteiger partial charge < -0.3 is 29.8 Å². The van der Waals surface area contributed by atoms with E-state index in [9.17, 15) is 9.59 Å². The number of rotatable bonds is 3. The maximum Gasteiger partial charge on any atom is 0.254 e. The highest BCUT2D eigenvalue weighted by Gasteiger charge is 2.47. The Morgan fingerprint density at radius 2 is 1.89 bits per heavy atom. The Bertz CT molecular complexity index is 1800. The van der Waals surface area contributed by atoms with Crippen molar-refractivity contribution in [2.45, 2.75) is 90.4 Å². The Hall–Kier alpha value is -3.85. The minimum atomic E-state index is -0.386. The molecule has 1 saturated heterocycles. The van der Waals surface area contributed by atoms with Crippen molar-refractivity contribution in [2.75, 3.05) is 13.7 Å². The van der Waals surface area contributed by atoms with Crippen LogP contribution in [0, 0.1) is 11.3 Å². The molecule has 2 aliphatic heterocycles. The average Bonchev–Trinajstić information content (AvgIpc) is 3.76. The van der Waals surface area contributed by atoms with Crippen LogP contribution in [0.25, 0.3) is 33.5 Å². The highest BCUT2D eigenvalue weighted by atomic mass is 16.5. The summed E-state index contributed by atoms with van der Waals surface area (Å²) in [7, 11) is 3.67. The number of nitrogens with zero attached hydrogens (tertiary/aromatic N) is 4. The lowest BCUT2D eigenvalue weighted by atomic mass is 9.85. The first-order valence-electron chi connectivity index (χ1n) is 16.6. The van der Waals surface area contributed by atoms with Crippen molar-refractivity contribution >= 4 is 33.8 Å². The Kier molecular flexibility index (Phi) is 7.42. The molecular weight excluding hydrogens is 564 g/mol. The highest BCUT2D eigenvalue weighted by molar-refractivity contribution is 6.00. The zero-order valence-electron chi connectivity index (χ0n) is 27.2. The molecule has 0 spiro atoms. The predicted molar refractivity (Wildman–Crippen MR) is 177 cm³/mol. The number of fused-ring (bicyclic) bond motifs is 4. The molecule has 3 N–H and O–H groups in total. The van der Waals surface area contributed by atoms with Gasteiger partial charge in [-0.2, -0.15) is 0 Å². The molecule has 0 unspecified atom stereocenters. The molecule has 9 nitrogen and oxygen atoms in total. The summed E-state index contributed by atoms with van der Waals surface area (Å²) in [6.07, 6.45) is 7.21. The minimum absolute atomic E-state index is 0.00412. The van der Waals surface area contributed by atoms with Crippen molar-refractivity contribution in [3.8, 4) is 17.3 Å². The first-order chi connectivity index (χ1) is 21.6. The van der Waals surface area contributed by atoms with Crippen molar-refractivity contribution in [1.82, 2.24) is 24.3 Å². The van der Waals surface area contributed by atoms with E-state index in [4.69, 9.17) is 15.5 Å². The number of aryl methyl sites for hydroxylation is 2. The third-order valence-corrected chi connectivity index (χ3v) is 10.9. The van der Waals surface area contributed by atoms with E-state index in [1.54, 1.807) is 7.11 Å². The van der Waals surface area contributed by atoms with E-state index in [-0.39, 0.29) is 35.4 Å². The fraction of sp³-hybridized carbons (Fsp3) is 0.528. The summed E-state index contributed by atoms with van der Waals surface area (Å²) in [5, 5.41) is 4.41. The lowest BCUT2D eigenvalue weighted by Crippen LogP contribution is -2.41. The summed E-state index contributed by atoms with van der Waals surface area (Å²) in [5.41, 5.74) is 11.5. The highest BCUT2D eigenvalue weighted by Crippen LogP contribution is 2.39. The van der Waals surface area contributed by atoms with E-state index in [0.29, 0.717) is 17.2 Å². The number of likely N-dealkylation sites (tertiary alicyclic amines) is 1. The molecule has 4 heterocycles. The second kappa shape index (κ2) is 11.2. The van der Waals surface area contributed by atoms with Gasteiger partial charge in [0.15, 0.2) is 5.82 Å². The van der Waals surface area contributed by atoms with Gasteiger partial charge in [0.1, 0.15) is 11.3 Å². The number of imidazole rings is 1. The number of carbonyl (C=O) groups excluding carboxylic acids is 2. The maximum absolute atomic E-state index is 13.7. The molecule has 9 heteroatoms. The summed E-state index contributed by atoms with van der Waals surface area (Å²) < 4.78 is 10.3. The van der Waals surface area contributed by atoms with Gasteiger partial charge in [0, 0.05) is 54.1 Å². The van der Waals surface area contributed by atoms with E-state index in [1.807, 2.05) is 24.1 Å². The van der Waals surface area contributed by atoms with E-state index in [1.165, 1.54) is 0 Å². The van der Waals surface area contributed by atoms with Gasteiger partial charge in [-0.05, 0) is 68.4 Å². The number of amides is 2. The number of hydrogen-bond acceptors (Lipinski definition) is 5.